The lowest BCUT2D eigenvalue weighted by atomic mass is 9.79. The van der Waals surface area contributed by atoms with Crippen LogP contribution in [0, 0.1) is 0 Å². The van der Waals surface area contributed by atoms with Crippen LogP contribution in [0.1, 0.15) is 43.2 Å². The van der Waals surface area contributed by atoms with E-state index in [1.54, 1.807) is 6.07 Å². The first-order valence-electron chi connectivity index (χ1n) is 6.69. The molecule has 2 unspecified atom stereocenters. The van der Waals surface area contributed by atoms with E-state index in [0.717, 1.165) is 30.4 Å². The SMILES string of the molecule is CC12CCC(C1)c1c2c(O)c2cccc(Cl)c2c1O. The molecule has 2 aromatic carbocycles. The number of phenols is 2. The molecule has 0 saturated heterocycles. The van der Waals surface area contributed by atoms with Gasteiger partial charge in [-0.1, -0.05) is 30.7 Å². The van der Waals surface area contributed by atoms with Crippen LogP contribution in [-0.4, -0.2) is 10.2 Å². The summed E-state index contributed by atoms with van der Waals surface area (Å²) in [6, 6.07) is 5.39. The average Bonchev–Trinajstić information content (AvgIpc) is 2.89. The third-order valence-corrected chi connectivity index (χ3v) is 5.34. The number of benzene rings is 2. The predicted molar refractivity (Wildman–Crippen MR) is 76.2 cm³/mol. The monoisotopic (exact) mass is 274 g/mol. The molecule has 19 heavy (non-hydrogen) atoms. The third kappa shape index (κ3) is 1.23. The fourth-order valence-corrected chi connectivity index (χ4v) is 4.46. The predicted octanol–water partition coefficient (Wildman–Crippen LogP) is 4.44. The van der Waals surface area contributed by atoms with E-state index in [1.165, 1.54) is 0 Å². The van der Waals surface area contributed by atoms with Gasteiger partial charge in [-0.2, -0.15) is 0 Å². The Morgan fingerprint density at radius 1 is 1.26 bits per heavy atom. The van der Waals surface area contributed by atoms with Crippen LogP contribution < -0.4 is 0 Å². The second-order valence-corrected chi connectivity index (χ2v) is 6.56. The number of aromatic hydroxyl groups is 2. The van der Waals surface area contributed by atoms with E-state index in [1.807, 2.05) is 12.1 Å². The number of rotatable bonds is 0. The Balaban J connectivity index is 2.22. The van der Waals surface area contributed by atoms with Crippen molar-refractivity contribution in [3.63, 3.8) is 0 Å². The van der Waals surface area contributed by atoms with Gasteiger partial charge in [0.1, 0.15) is 11.5 Å². The first kappa shape index (κ1) is 11.4. The molecule has 2 aliphatic carbocycles. The van der Waals surface area contributed by atoms with Crippen LogP contribution in [0.2, 0.25) is 5.02 Å². The zero-order valence-electron chi connectivity index (χ0n) is 10.7. The Hall–Kier alpha value is -1.41. The van der Waals surface area contributed by atoms with Gasteiger partial charge in [0.05, 0.1) is 5.02 Å². The molecule has 2 nitrogen and oxygen atoms in total. The van der Waals surface area contributed by atoms with Crippen molar-refractivity contribution < 1.29 is 10.2 Å². The highest BCUT2D eigenvalue weighted by atomic mass is 35.5. The highest BCUT2D eigenvalue weighted by Gasteiger charge is 2.49. The fourth-order valence-electron chi connectivity index (χ4n) is 4.20. The van der Waals surface area contributed by atoms with Gasteiger partial charge in [0, 0.05) is 21.9 Å². The van der Waals surface area contributed by atoms with Gasteiger partial charge in [0.15, 0.2) is 0 Å². The Kier molecular flexibility index (Phi) is 2.03. The van der Waals surface area contributed by atoms with Gasteiger partial charge < -0.3 is 10.2 Å². The van der Waals surface area contributed by atoms with Crippen molar-refractivity contribution >= 4 is 22.4 Å². The first-order valence-corrected chi connectivity index (χ1v) is 7.07. The van der Waals surface area contributed by atoms with Crippen LogP contribution in [0.3, 0.4) is 0 Å². The van der Waals surface area contributed by atoms with E-state index in [4.69, 9.17) is 11.6 Å². The summed E-state index contributed by atoms with van der Waals surface area (Å²) >= 11 is 6.20. The molecule has 2 aromatic rings. The molecule has 1 saturated carbocycles. The minimum absolute atomic E-state index is 0.0120. The average molecular weight is 275 g/mol. The van der Waals surface area contributed by atoms with Gasteiger partial charge in [-0.05, 0) is 36.7 Å². The molecule has 4 rings (SSSR count). The lowest BCUT2D eigenvalue weighted by Gasteiger charge is -2.27. The second kappa shape index (κ2) is 3.37. The van der Waals surface area contributed by atoms with Crippen molar-refractivity contribution in [3.8, 4) is 11.5 Å². The zero-order valence-corrected chi connectivity index (χ0v) is 11.5. The summed E-state index contributed by atoms with van der Waals surface area (Å²) < 4.78 is 0. The molecule has 98 valence electrons. The maximum absolute atomic E-state index is 10.6. The Morgan fingerprint density at radius 3 is 2.84 bits per heavy atom. The Labute approximate surface area is 116 Å². The molecule has 0 radical (unpaired) electrons. The molecule has 0 amide bonds. The number of hydrogen-bond acceptors (Lipinski definition) is 2. The minimum Gasteiger partial charge on any atom is -0.507 e. The van der Waals surface area contributed by atoms with Crippen molar-refractivity contribution in [2.24, 2.45) is 0 Å². The Morgan fingerprint density at radius 2 is 2.05 bits per heavy atom. The van der Waals surface area contributed by atoms with Gasteiger partial charge in [-0.25, -0.2) is 0 Å². The molecule has 0 aliphatic heterocycles. The smallest absolute Gasteiger partial charge is 0.128 e. The van der Waals surface area contributed by atoms with Crippen LogP contribution in [0.4, 0.5) is 0 Å². The van der Waals surface area contributed by atoms with Crippen molar-refractivity contribution in [3.05, 3.63) is 34.3 Å². The van der Waals surface area contributed by atoms with E-state index in [2.05, 4.69) is 6.92 Å². The Bertz CT molecular complexity index is 722. The molecule has 0 spiro atoms. The van der Waals surface area contributed by atoms with Crippen LogP contribution >= 0.6 is 11.6 Å². The van der Waals surface area contributed by atoms with E-state index in [0.29, 0.717) is 27.5 Å². The van der Waals surface area contributed by atoms with Crippen LogP contribution in [-0.2, 0) is 5.41 Å². The zero-order chi connectivity index (χ0) is 13.4. The molecule has 2 atom stereocenters. The maximum atomic E-state index is 10.6. The van der Waals surface area contributed by atoms with E-state index >= 15 is 0 Å². The number of phenolic OH excluding ortho intramolecular Hbond substituents is 2. The fraction of sp³-hybridized carbons (Fsp3) is 0.375. The van der Waals surface area contributed by atoms with Crippen LogP contribution in [0.15, 0.2) is 18.2 Å². The molecule has 1 fully saturated rings. The summed E-state index contributed by atoms with van der Waals surface area (Å²) in [7, 11) is 0. The van der Waals surface area contributed by atoms with Crippen LogP contribution in [0.25, 0.3) is 10.8 Å². The van der Waals surface area contributed by atoms with Gasteiger partial charge in [0.25, 0.3) is 0 Å². The van der Waals surface area contributed by atoms with E-state index < -0.39 is 0 Å². The summed E-state index contributed by atoms with van der Waals surface area (Å²) in [5.41, 5.74) is 1.90. The summed E-state index contributed by atoms with van der Waals surface area (Å²) in [6.45, 7) is 2.19. The summed E-state index contributed by atoms with van der Waals surface area (Å²) in [6.07, 6.45) is 3.20. The first-order chi connectivity index (χ1) is 9.03. The molecular weight excluding hydrogens is 260 g/mol. The quantitative estimate of drug-likeness (QED) is 0.697. The van der Waals surface area contributed by atoms with E-state index in [-0.39, 0.29) is 11.2 Å². The highest BCUT2D eigenvalue weighted by molar-refractivity contribution is 6.36. The highest BCUT2D eigenvalue weighted by Crippen LogP contribution is 2.63. The molecule has 3 heteroatoms. The number of halogens is 1. The number of hydrogen-bond donors (Lipinski definition) is 2. The van der Waals surface area contributed by atoms with Crippen molar-refractivity contribution in [1.29, 1.82) is 0 Å². The van der Waals surface area contributed by atoms with Crippen molar-refractivity contribution in [2.45, 2.75) is 37.5 Å². The third-order valence-electron chi connectivity index (χ3n) is 5.02. The van der Waals surface area contributed by atoms with Crippen molar-refractivity contribution in [1.82, 2.24) is 0 Å². The minimum atomic E-state index is 0.0120. The summed E-state index contributed by atoms with van der Waals surface area (Å²) in [5, 5.41) is 23.0. The van der Waals surface area contributed by atoms with Gasteiger partial charge in [-0.15, -0.1) is 0 Å². The largest absolute Gasteiger partial charge is 0.507 e. The van der Waals surface area contributed by atoms with Gasteiger partial charge in [-0.3, -0.25) is 0 Å². The normalized spacial score (nSPS) is 28.0. The summed E-state index contributed by atoms with van der Waals surface area (Å²) in [4.78, 5) is 0. The molecular formula is C16H15ClO2. The topological polar surface area (TPSA) is 40.5 Å². The molecule has 2 aliphatic rings. The van der Waals surface area contributed by atoms with Crippen molar-refractivity contribution in [2.75, 3.05) is 0 Å². The lowest BCUT2D eigenvalue weighted by molar-refractivity contribution is 0.427. The number of fused-ring (bicyclic) bond motifs is 6. The second-order valence-electron chi connectivity index (χ2n) is 6.15. The molecule has 0 heterocycles. The van der Waals surface area contributed by atoms with Crippen LogP contribution in [0.5, 0.6) is 11.5 Å². The van der Waals surface area contributed by atoms with Gasteiger partial charge >= 0.3 is 0 Å². The summed E-state index contributed by atoms with van der Waals surface area (Å²) in [5.74, 6) is 0.961. The molecule has 0 aromatic heterocycles. The standard InChI is InChI=1S/C16H15ClO2/c1-16-6-5-8(7-16)11-13(16)14(18)9-3-2-4-10(17)12(9)15(11)19/h2-4,8,18-19H,5-7H2,1H3. The van der Waals surface area contributed by atoms with Gasteiger partial charge in [0.2, 0.25) is 0 Å². The lowest BCUT2D eigenvalue weighted by Crippen LogP contribution is -2.16. The molecule has 2 bridgehead atoms. The molecule has 2 N–H and O–H groups in total. The maximum Gasteiger partial charge on any atom is 0.128 e. The van der Waals surface area contributed by atoms with E-state index in [9.17, 15) is 10.2 Å².